The Bertz CT molecular complexity index is 590. The van der Waals surface area contributed by atoms with Crippen LogP contribution in [0.4, 0.5) is 0 Å². The van der Waals surface area contributed by atoms with Crippen molar-refractivity contribution >= 4 is 11.9 Å². The van der Waals surface area contributed by atoms with Crippen molar-refractivity contribution in [2.75, 3.05) is 13.1 Å². The van der Waals surface area contributed by atoms with Crippen LogP contribution in [0.15, 0.2) is 24.3 Å². The topological polar surface area (TPSA) is 66.8 Å². The predicted molar refractivity (Wildman–Crippen MR) is 76.3 cm³/mol. The Labute approximate surface area is 123 Å². The second-order valence-corrected chi connectivity index (χ2v) is 6.56. The molecule has 5 nitrogen and oxygen atoms in total. The molecule has 1 atom stereocenters. The highest BCUT2D eigenvalue weighted by atomic mass is 16.5. The molecule has 3 rings (SSSR count). The minimum atomic E-state index is -0.971. The van der Waals surface area contributed by atoms with Crippen LogP contribution in [0.3, 0.4) is 0 Å². The van der Waals surface area contributed by atoms with Crippen LogP contribution in [-0.4, -0.2) is 41.1 Å². The second-order valence-electron chi connectivity index (χ2n) is 6.56. The third kappa shape index (κ3) is 2.73. The summed E-state index contributed by atoms with van der Waals surface area (Å²) in [5.74, 6) is -0.0477. The molecule has 2 fully saturated rings. The van der Waals surface area contributed by atoms with Crippen LogP contribution in [-0.2, 0) is 4.79 Å². The molecular weight excluding hydrogens is 270 g/mol. The highest BCUT2D eigenvalue weighted by Crippen LogP contribution is 2.52. The Kier molecular flexibility index (Phi) is 3.15. The average molecular weight is 289 g/mol. The summed E-state index contributed by atoms with van der Waals surface area (Å²) in [5.41, 5.74) is 0.359. The van der Waals surface area contributed by atoms with E-state index in [9.17, 15) is 9.59 Å². The maximum Gasteiger partial charge on any atom is 0.335 e. The molecule has 1 saturated carbocycles. The number of ether oxygens (including phenoxy) is 1. The first kappa shape index (κ1) is 13.9. The zero-order valence-corrected chi connectivity index (χ0v) is 12.2. The third-order valence-corrected chi connectivity index (χ3v) is 4.35. The van der Waals surface area contributed by atoms with E-state index in [4.69, 9.17) is 9.84 Å². The van der Waals surface area contributed by atoms with E-state index in [2.05, 4.69) is 13.8 Å². The Morgan fingerprint density at radius 2 is 2.00 bits per heavy atom. The second kappa shape index (κ2) is 4.76. The zero-order chi connectivity index (χ0) is 15.2. The van der Waals surface area contributed by atoms with E-state index in [0.29, 0.717) is 18.8 Å². The summed E-state index contributed by atoms with van der Waals surface area (Å²) in [4.78, 5) is 24.9. The van der Waals surface area contributed by atoms with Gasteiger partial charge < -0.3 is 14.7 Å². The summed E-state index contributed by atoms with van der Waals surface area (Å²) >= 11 is 0. The summed E-state index contributed by atoms with van der Waals surface area (Å²) in [6.45, 7) is 5.40. The molecule has 0 spiro atoms. The highest BCUT2D eigenvalue weighted by molar-refractivity contribution is 5.88. The number of amides is 1. The molecule has 1 amide bonds. The first-order valence-corrected chi connectivity index (χ1v) is 7.15. The monoisotopic (exact) mass is 289 g/mol. The van der Waals surface area contributed by atoms with Crippen LogP contribution in [0.2, 0.25) is 0 Å². The Morgan fingerprint density at radius 3 is 2.57 bits per heavy atom. The van der Waals surface area contributed by atoms with Gasteiger partial charge in [0.2, 0.25) is 5.91 Å². The summed E-state index contributed by atoms with van der Waals surface area (Å²) in [6, 6.07) is 6.44. The molecule has 0 radical (unpaired) electrons. The van der Waals surface area contributed by atoms with E-state index in [1.807, 2.05) is 4.90 Å². The van der Waals surface area contributed by atoms with Crippen LogP contribution in [0.1, 0.15) is 30.6 Å². The molecule has 2 aliphatic rings. The minimum absolute atomic E-state index is 0.0418. The molecule has 0 bridgehead atoms. The lowest BCUT2D eigenvalue weighted by Gasteiger charge is -2.39. The van der Waals surface area contributed by atoms with Crippen molar-refractivity contribution in [2.24, 2.45) is 11.3 Å². The lowest BCUT2D eigenvalue weighted by molar-refractivity contribution is -0.142. The number of rotatable bonds is 4. The molecule has 0 unspecified atom stereocenters. The van der Waals surface area contributed by atoms with Crippen molar-refractivity contribution in [3.63, 3.8) is 0 Å². The summed E-state index contributed by atoms with van der Waals surface area (Å²) < 4.78 is 5.72. The summed E-state index contributed by atoms with van der Waals surface area (Å²) in [5, 5.41) is 8.94. The molecule has 21 heavy (non-hydrogen) atoms. The van der Waals surface area contributed by atoms with Crippen LogP contribution in [0, 0.1) is 11.3 Å². The SMILES string of the molecule is CC1(C)C[C@@H]1C(=O)N1CC(Oc2cccc(C(=O)O)c2)C1. The number of likely N-dealkylation sites (tertiary alicyclic amines) is 1. The number of nitrogens with zero attached hydrogens (tertiary/aromatic N) is 1. The molecule has 5 heteroatoms. The van der Waals surface area contributed by atoms with Crippen LogP contribution < -0.4 is 4.74 Å². The molecule has 1 aromatic carbocycles. The van der Waals surface area contributed by atoms with Crippen molar-refractivity contribution in [3.8, 4) is 5.75 Å². The van der Waals surface area contributed by atoms with Gasteiger partial charge in [-0.1, -0.05) is 19.9 Å². The van der Waals surface area contributed by atoms with Crippen molar-refractivity contribution in [3.05, 3.63) is 29.8 Å². The Morgan fingerprint density at radius 1 is 1.33 bits per heavy atom. The summed E-state index contributed by atoms with van der Waals surface area (Å²) in [7, 11) is 0. The number of carbonyl (C=O) groups is 2. The van der Waals surface area contributed by atoms with E-state index in [1.165, 1.54) is 12.1 Å². The Hall–Kier alpha value is -2.04. The molecule has 0 aromatic heterocycles. The van der Waals surface area contributed by atoms with Crippen LogP contribution in [0.25, 0.3) is 0 Å². The number of carboxylic acids is 1. The molecule has 1 aliphatic heterocycles. The largest absolute Gasteiger partial charge is 0.487 e. The summed E-state index contributed by atoms with van der Waals surface area (Å²) in [6.07, 6.45) is 0.925. The molecule has 1 aliphatic carbocycles. The first-order valence-electron chi connectivity index (χ1n) is 7.15. The van der Waals surface area contributed by atoms with Gasteiger partial charge in [0.25, 0.3) is 0 Å². The van der Waals surface area contributed by atoms with Crippen LogP contribution in [0.5, 0.6) is 5.75 Å². The minimum Gasteiger partial charge on any atom is -0.487 e. The Balaban J connectivity index is 1.52. The fraction of sp³-hybridized carbons (Fsp3) is 0.500. The van der Waals surface area contributed by atoms with E-state index in [0.717, 1.165) is 6.42 Å². The van der Waals surface area contributed by atoms with Gasteiger partial charge >= 0.3 is 5.97 Å². The van der Waals surface area contributed by atoms with Crippen LogP contribution >= 0.6 is 0 Å². The number of benzene rings is 1. The zero-order valence-electron chi connectivity index (χ0n) is 12.2. The van der Waals surface area contributed by atoms with Gasteiger partial charge in [0.15, 0.2) is 0 Å². The number of carboxylic acid groups (broad SMARTS) is 1. The third-order valence-electron chi connectivity index (χ3n) is 4.35. The number of carbonyl (C=O) groups excluding carboxylic acids is 1. The van der Waals surface area contributed by atoms with Crippen molar-refractivity contribution in [2.45, 2.75) is 26.4 Å². The fourth-order valence-electron chi connectivity index (χ4n) is 2.70. The smallest absolute Gasteiger partial charge is 0.335 e. The standard InChI is InChI=1S/C16H19NO4/c1-16(2)7-13(16)14(18)17-8-12(9-17)21-11-5-3-4-10(6-11)15(19)20/h3-6,12-13H,7-9H2,1-2H3,(H,19,20)/t13-/m1/s1. The van der Waals surface area contributed by atoms with E-state index >= 15 is 0 Å². The predicted octanol–water partition coefficient (Wildman–Crippen LogP) is 2.02. The normalized spacial score (nSPS) is 23.3. The van der Waals surface area contributed by atoms with Gasteiger partial charge in [-0.2, -0.15) is 0 Å². The van der Waals surface area contributed by atoms with Gasteiger partial charge in [0.1, 0.15) is 11.9 Å². The van der Waals surface area contributed by atoms with Gasteiger partial charge in [-0.3, -0.25) is 4.79 Å². The number of aromatic carboxylic acids is 1. The van der Waals surface area contributed by atoms with Crippen molar-refractivity contribution in [1.82, 2.24) is 4.90 Å². The molecule has 1 heterocycles. The quantitative estimate of drug-likeness (QED) is 0.921. The molecule has 1 saturated heterocycles. The highest BCUT2D eigenvalue weighted by Gasteiger charge is 2.53. The molecule has 1 aromatic rings. The lowest BCUT2D eigenvalue weighted by Crippen LogP contribution is -2.56. The first-order chi connectivity index (χ1) is 9.87. The van der Waals surface area contributed by atoms with Crippen molar-refractivity contribution in [1.29, 1.82) is 0 Å². The van der Waals surface area contributed by atoms with E-state index < -0.39 is 5.97 Å². The van der Waals surface area contributed by atoms with Gasteiger partial charge in [-0.05, 0) is 30.0 Å². The number of hydrogen-bond acceptors (Lipinski definition) is 3. The maximum atomic E-state index is 12.1. The lowest BCUT2D eigenvalue weighted by atomic mass is 10.1. The van der Waals surface area contributed by atoms with E-state index in [1.54, 1.807) is 12.1 Å². The van der Waals surface area contributed by atoms with Crippen molar-refractivity contribution < 1.29 is 19.4 Å². The molecular formula is C16H19NO4. The van der Waals surface area contributed by atoms with E-state index in [-0.39, 0.29) is 28.9 Å². The average Bonchev–Trinajstić information content (AvgIpc) is 3.02. The van der Waals surface area contributed by atoms with Gasteiger partial charge in [-0.15, -0.1) is 0 Å². The fourth-order valence-corrected chi connectivity index (χ4v) is 2.70. The molecule has 1 N–H and O–H groups in total. The molecule has 112 valence electrons. The number of hydrogen-bond donors (Lipinski definition) is 1. The van der Waals surface area contributed by atoms with Gasteiger partial charge in [0.05, 0.1) is 18.7 Å². The van der Waals surface area contributed by atoms with Gasteiger partial charge in [0, 0.05) is 5.92 Å². The van der Waals surface area contributed by atoms with Gasteiger partial charge in [-0.25, -0.2) is 4.79 Å². The maximum absolute atomic E-state index is 12.1.